The third-order valence-electron chi connectivity index (χ3n) is 2.30. The van der Waals surface area contributed by atoms with E-state index in [0.717, 1.165) is 13.2 Å². The molecule has 2 nitrogen and oxygen atoms in total. The van der Waals surface area contributed by atoms with Crippen molar-refractivity contribution < 1.29 is 31.1 Å². The van der Waals surface area contributed by atoms with Gasteiger partial charge in [0.2, 0.25) is 0 Å². The van der Waals surface area contributed by atoms with Gasteiger partial charge in [-0.05, 0) is 17.7 Å². The summed E-state index contributed by atoms with van der Waals surface area (Å²) < 4.78 is 79.7. The Kier molecular flexibility index (Phi) is 5.52. The lowest BCUT2D eigenvalue weighted by atomic mass is 10.0. The molecular formula is C10H10ClF6NO. The lowest BCUT2D eigenvalue weighted by Crippen LogP contribution is -2.45. The number of ether oxygens (including phenoxy) is 1. The fourth-order valence-electron chi connectivity index (χ4n) is 1.26. The van der Waals surface area contributed by atoms with Crippen LogP contribution < -0.4 is 10.5 Å². The second-order valence-corrected chi connectivity index (χ2v) is 3.49. The Balaban J connectivity index is 0.00000324. The number of rotatable bonds is 3. The zero-order valence-corrected chi connectivity index (χ0v) is 10.3. The first-order valence-corrected chi connectivity index (χ1v) is 4.64. The Bertz CT molecular complexity index is 437. The number of hydrogen-bond acceptors (Lipinski definition) is 2. The van der Waals surface area contributed by atoms with E-state index in [0.29, 0.717) is 12.1 Å². The molecule has 0 amide bonds. The molecular weight excluding hydrogens is 300 g/mol. The molecule has 0 heterocycles. The molecule has 1 rings (SSSR count). The van der Waals surface area contributed by atoms with Crippen LogP contribution in [0.5, 0.6) is 5.75 Å². The maximum absolute atomic E-state index is 13.0. The molecule has 1 atom stereocenters. The molecule has 0 saturated carbocycles. The topological polar surface area (TPSA) is 35.2 Å². The number of alkyl halides is 5. The first-order valence-electron chi connectivity index (χ1n) is 4.64. The van der Waals surface area contributed by atoms with Gasteiger partial charge in [-0.2, -0.15) is 22.0 Å². The highest BCUT2D eigenvalue weighted by Gasteiger charge is 2.61. The highest BCUT2D eigenvalue weighted by Crippen LogP contribution is 2.43. The van der Waals surface area contributed by atoms with Crippen LogP contribution in [0.25, 0.3) is 0 Å². The van der Waals surface area contributed by atoms with E-state index in [1.54, 1.807) is 0 Å². The van der Waals surface area contributed by atoms with Gasteiger partial charge in [0.25, 0.3) is 0 Å². The summed E-state index contributed by atoms with van der Waals surface area (Å²) in [7, 11) is 1.05. The largest absolute Gasteiger partial charge is 0.494 e. The molecule has 1 aromatic carbocycles. The van der Waals surface area contributed by atoms with E-state index in [2.05, 4.69) is 4.74 Å². The maximum atomic E-state index is 13.0. The van der Waals surface area contributed by atoms with Crippen molar-refractivity contribution in [3.8, 4) is 5.75 Å². The van der Waals surface area contributed by atoms with Crippen LogP contribution in [0.4, 0.5) is 26.3 Å². The quantitative estimate of drug-likeness (QED) is 0.868. The standard InChI is InChI=1S/C10H9F6NO.ClH/c1-18-7-4-5(2-3-6(7)11)8(17)9(12,13)10(14,15)16;/h2-4,8H,17H2,1H3;1H/t8-;/m1./s1. The molecule has 0 aromatic heterocycles. The van der Waals surface area contributed by atoms with Gasteiger partial charge in [-0.15, -0.1) is 12.4 Å². The van der Waals surface area contributed by atoms with Crippen LogP contribution in [0.3, 0.4) is 0 Å². The van der Waals surface area contributed by atoms with Crippen LogP contribution in [-0.4, -0.2) is 19.2 Å². The minimum atomic E-state index is -5.78. The third-order valence-corrected chi connectivity index (χ3v) is 2.30. The average Bonchev–Trinajstić information content (AvgIpc) is 2.27. The maximum Gasteiger partial charge on any atom is 0.455 e. The fraction of sp³-hybridized carbons (Fsp3) is 0.400. The van der Waals surface area contributed by atoms with Crippen molar-refractivity contribution in [2.24, 2.45) is 5.73 Å². The van der Waals surface area contributed by atoms with Crippen LogP contribution in [0, 0.1) is 5.82 Å². The van der Waals surface area contributed by atoms with Crippen molar-refractivity contribution in [1.82, 2.24) is 0 Å². The molecule has 0 fully saturated rings. The third kappa shape index (κ3) is 3.44. The van der Waals surface area contributed by atoms with Gasteiger partial charge in [-0.3, -0.25) is 0 Å². The number of hydrogen-bond donors (Lipinski definition) is 1. The summed E-state index contributed by atoms with van der Waals surface area (Å²) in [6, 6.07) is -0.463. The summed E-state index contributed by atoms with van der Waals surface area (Å²) in [6.45, 7) is 0. The molecule has 0 unspecified atom stereocenters. The molecule has 1 aromatic rings. The first-order chi connectivity index (χ1) is 8.11. The lowest BCUT2D eigenvalue weighted by Gasteiger charge is -2.26. The lowest BCUT2D eigenvalue weighted by molar-refractivity contribution is -0.291. The van der Waals surface area contributed by atoms with Crippen molar-refractivity contribution in [1.29, 1.82) is 0 Å². The van der Waals surface area contributed by atoms with E-state index in [4.69, 9.17) is 5.73 Å². The van der Waals surface area contributed by atoms with Gasteiger partial charge in [0.1, 0.15) is 6.04 Å². The molecule has 9 heteroatoms. The Morgan fingerprint density at radius 2 is 1.68 bits per heavy atom. The Hall–Kier alpha value is -1.15. The van der Waals surface area contributed by atoms with Gasteiger partial charge in [0.15, 0.2) is 11.6 Å². The van der Waals surface area contributed by atoms with Crippen LogP contribution >= 0.6 is 12.4 Å². The summed E-state index contributed by atoms with van der Waals surface area (Å²) in [5.41, 5.74) is 4.31. The number of halogens is 7. The van der Waals surface area contributed by atoms with E-state index in [1.165, 1.54) is 0 Å². The highest BCUT2D eigenvalue weighted by molar-refractivity contribution is 5.85. The van der Waals surface area contributed by atoms with Crippen molar-refractivity contribution in [3.05, 3.63) is 29.6 Å². The number of methoxy groups -OCH3 is 1. The van der Waals surface area contributed by atoms with Crippen molar-refractivity contribution in [3.63, 3.8) is 0 Å². The minimum Gasteiger partial charge on any atom is -0.494 e. The van der Waals surface area contributed by atoms with E-state index in [-0.39, 0.29) is 12.4 Å². The predicted molar refractivity (Wildman–Crippen MR) is 58.1 cm³/mol. The average molecular weight is 310 g/mol. The normalized spacial score (nSPS) is 13.7. The van der Waals surface area contributed by atoms with Gasteiger partial charge in [0.05, 0.1) is 7.11 Å². The van der Waals surface area contributed by atoms with Crippen LogP contribution in [-0.2, 0) is 0 Å². The Labute approximate surface area is 110 Å². The number of nitrogens with two attached hydrogens (primary N) is 1. The number of benzene rings is 1. The zero-order valence-electron chi connectivity index (χ0n) is 9.47. The predicted octanol–water partition coefficient (Wildman–Crippen LogP) is 3.45. The summed E-state index contributed by atoms with van der Waals surface area (Å²) >= 11 is 0. The second-order valence-electron chi connectivity index (χ2n) is 3.49. The Morgan fingerprint density at radius 1 is 1.16 bits per heavy atom. The van der Waals surface area contributed by atoms with Crippen molar-refractivity contribution in [2.75, 3.05) is 7.11 Å². The van der Waals surface area contributed by atoms with E-state index < -0.39 is 35.3 Å². The molecule has 110 valence electrons. The molecule has 0 bridgehead atoms. The minimum absolute atomic E-state index is 0. The van der Waals surface area contributed by atoms with E-state index in [9.17, 15) is 26.3 Å². The summed E-state index contributed by atoms with van der Waals surface area (Å²) in [6.07, 6.45) is -5.78. The monoisotopic (exact) mass is 309 g/mol. The van der Waals surface area contributed by atoms with Gasteiger partial charge < -0.3 is 10.5 Å². The smallest absolute Gasteiger partial charge is 0.455 e. The summed E-state index contributed by atoms with van der Waals surface area (Å²) in [5.74, 6) is -6.46. The van der Waals surface area contributed by atoms with Gasteiger partial charge in [0, 0.05) is 0 Å². The fourth-order valence-corrected chi connectivity index (χ4v) is 1.26. The molecule has 19 heavy (non-hydrogen) atoms. The molecule has 2 N–H and O–H groups in total. The highest BCUT2D eigenvalue weighted by atomic mass is 35.5. The molecule has 0 aliphatic heterocycles. The van der Waals surface area contributed by atoms with Gasteiger partial charge in [-0.1, -0.05) is 6.07 Å². The second kappa shape index (κ2) is 5.87. The van der Waals surface area contributed by atoms with Crippen molar-refractivity contribution in [2.45, 2.75) is 18.1 Å². The SMILES string of the molecule is COc1cc([C@@H](N)C(F)(F)C(F)(F)F)ccc1F.Cl. The first kappa shape index (κ1) is 17.8. The van der Waals surface area contributed by atoms with Gasteiger partial charge in [-0.25, -0.2) is 4.39 Å². The molecule has 0 radical (unpaired) electrons. The van der Waals surface area contributed by atoms with Crippen LogP contribution in [0.2, 0.25) is 0 Å². The van der Waals surface area contributed by atoms with Crippen LogP contribution in [0.15, 0.2) is 18.2 Å². The zero-order chi connectivity index (χ0) is 14.1. The summed E-state index contributed by atoms with van der Waals surface area (Å²) in [4.78, 5) is 0. The van der Waals surface area contributed by atoms with Crippen LogP contribution in [0.1, 0.15) is 11.6 Å². The molecule has 0 saturated heterocycles. The van der Waals surface area contributed by atoms with Gasteiger partial charge >= 0.3 is 12.1 Å². The molecule has 0 aliphatic rings. The summed E-state index contributed by atoms with van der Waals surface area (Å²) in [5, 5.41) is 0. The Morgan fingerprint density at radius 3 is 2.11 bits per heavy atom. The van der Waals surface area contributed by atoms with E-state index >= 15 is 0 Å². The van der Waals surface area contributed by atoms with E-state index in [1.807, 2.05) is 0 Å². The molecule has 0 spiro atoms. The molecule has 0 aliphatic carbocycles. The van der Waals surface area contributed by atoms with Crippen molar-refractivity contribution >= 4 is 12.4 Å².